The van der Waals surface area contributed by atoms with E-state index in [-0.39, 0.29) is 23.4 Å². The third kappa shape index (κ3) is 4.53. The van der Waals surface area contributed by atoms with Crippen LogP contribution < -0.4 is 5.32 Å². The van der Waals surface area contributed by atoms with Crippen molar-refractivity contribution in [1.29, 1.82) is 0 Å². The van der Waals surface area contributed by atoms with Crippen LogP contribution in [0.3, 0.4) is 0 Å². The molecule has 0 bridgehead atoms. The molecule has 23 heavy (non-hydrogen) atoms. The number of carbonyl (C=O) groups excluding carboxylic acids is 2. The maximum atomic E-state index is 12.8. The molecular formula is C18H27N3O2. The van der Waals surface area contributed by atoms with Crippen molar-refractivity contribution in [3.63, 3.8) is 0 Å². The number of rotatable bonds is 3. The third-order valence-electron chi connectivity index (χ3n) is 4.09. The lowest BCUT2D eigenvalue weighted by Crippen LogP contribution is -2.44. The predicted octanol–water partition coefficient (Wildman–Crippen LogP) is 3.01. The van der Waals surface area contributed by atoms with Crippen LogP contribution in [0, 0.1) is 0 Å². The Morgan fingerprint density at radius 3 is 2.74 bits per heavy atom. The second kappa shape index (κ2) is 7.11. The Hall–Kier alpha value is -1.91. The molecule has 0 saturated carbocycles. The van der Waals surface area contributed by atoms with E-state index >= 15 is 0 Å². The summed E-state index contributed by atoms with van der Waals surface area (Å²) in [7, 11) is 0. The van der Waals surface area contributed by atoms with Crippen molar-refractivity contribution in [3.05, 3.63) is 29.6 Å². The van der Waals surface area contributed by atoms with E-state index in [1.807, 2.05) is 25.7 Å². The lowest BCUT2D eigenvalue weighted by Gasteiger charge is -2.35. The van der Waals surface area contributed by atoms with Crippen molar-refractivity contribution in [2.75, 3.05) is 6.54 Å². The van der Waals surface area contributed by atoms with Gasteiger partial charge in [-0.05, 0) is 58.6 Å². The molecule has 1 saturated heterocycles. The van der Waals surface area contributed by atoms with E-state index in [0.29, 0.717) is 11.3 Å². The summed E-state index contributed by atoms with van der Waals surface area (Å²) in [6.45, 7) is 8.67. The Kier molecular flexibility index (Phi) is 5.39. The highest BCUT2D eigenvalue weighted by atomic mass is 16.2. The van der Waals surface area contributed by atoms with Crippen molar-refractivity contribution >= 4 is 11.8 Å². The summed E-state index contributed by atoms with van der Waals surface area (Å²) in [5, 5.41) is 2.91. The van der Waals surface area contributed by atoms with Gasteiger partial charge in [0.25, 0.3) is 11.8 Å². The maximum absolute atomic E-state index is 12.8. The number of nitrogens with one attached hydrogen (secondary N) is 1. The Morgan fingerprint density at radius 2 is 2.09 bits per heavy atom. The zero-order valence-corrected chi connectivity index (χ0v) is 14.6. The molecule has 5 heteroatoms. The van der Waals surface area contributed by atoms with E-state index in [4.69, 9.17) is 0 Å². The monoisotopic (exact) mass is 317 g/mol. The van der Waals surface area contributed by atoms with Gasteiger partial charge in [0.1, 0.15) is 5.69 Å². The van der Waals surface area contributed by atoms with Gasteiger partial charge in [0.05, 0.1) is 0 Å². The number of likely N-dealkylation sites (tertiary alicyclic amines) is 1. The van der Waals surface area contributed by atoms with Crippen LogP contribution in [0.4, 0.5) is 0 Å². The number of carbonyl (C=O) groups is 2. The largest absolute Gasteiger partial charge is 0.347 e. The smallest absolute Gasteiger partial charge is 0.272 e. The number of nitrogens with zero attached hydrogens (tertiary/aromatic N) is 2. The highest BCUT2D eigenvalue weighted by Crippen LogP contribution is 2.21. The highest BCUT2D eigenvalue weighted by molar-refractivity contribution is 5.98. The summed E-state index contributed by atoms with van der Waals surface area (Å²) in [6, 6.07) is 3.53. The van der Waals surface area contributed by atoms with Crippen molar-refractivity contribution in [2.24, 2.45) is 0 Å². The third-order valence-corrected chi connectivity index (χ3v) is 4.09. The number of aromatic nitrogens is 1. The number of amides is 2. The van der Waals surface area contributed by atoms with Crippen LogP contribution in [0.25, 0.3) is 0 Å². The van der Waals surface area contributed by atoms with Crippen LogP contribution in [-0.4, -0.2) is 39.8 Å². The fraction of sp³-hybridized carbons (Fsp3) is 0.611. The van der Waals surface area contributed by atoms with E-state index in [2.05, 4.69) is 17.2 Å². The summed E-state index contributed by atoms with van der Waals surface area (Å²) in [5.74, 6) is -0.249. The zero-order valence-electron chi connectivity index (χ0n) is 14.6. The van der Waals surface area contributed by atoms with Crippen LogP contribution in [0.2, 0.25) is 0 Å². The van der Waals surface area contributed by atoms with Crippen LogP contribution >= 0.6 is 0 Å². The van der Waals surface area contributed by atoms with E-state index in [1.54, 1.807) is 12.1 Å². The van der Waals surface area contributed by atoms with Crippen LogP contribution in [0.5, 0.6) is 0 Å². The Labute approximate surface area is 138 Å². The minimum atomic E-state index is -0.315. The molecule has 2 rings (SSSR count). The van der Waals surface area contributed by atoms with Gasteiger partial charge in [-0.25, -0.2) is 0 Å². The maximum Gasteiger partial charge on any atom is 0.272 e. The molecule has 0 spiro atoms. The lowest BCUT2D eigenvalue weighted by molar-refractivity contribution is 0.0602. The van der Waals surface area contributed by atoms with Gasteiger partial charge >= 0.3 is 0 Å². The number of piperidine rings is 1. The van der Waals surface area contributed by atoms with Gasteiger partial charge < -0.3 is 10.2 Å². The molecule has 1 aliphatic rings. The Balaban J connectivity index is 2.18. The zero-order chi connectivity index (χ0) is 17.0. The van der Waals surface area contributed by atoms with Crippen LogP contribution in [0.15, 0.2) is 18.3 Å². The summed E-state index contributed by atoms with van der Waals surface area (Å²) < 4.78 is 0. The van der Waals surface area contributed by atoms with E-state index in [1.165, 1.54) is 12.6 Å². The van der Waals surface area contributed by atoms with Crippen LogP contribution in [-0.2, 0) is 0 Å². The molecular weight excluding hydrogens is 290 g/mol. The second-order valence-electron chi connectivity index (χ2n) is 7.19. The fourth-order valence-corrected chi connectivity index (χ4v) is 2.94. The quantitative estimate of drug-likeness (QED) is 0.932. The van der Waals surface area contributed by atoms with Crippen molar-refractivity contribution < 1.29 is 9.59 Å². The molecule has 1 aromatic heterocycles. The fourth-order valence-electron chi connectivity index (χ4n) is 2.94. The summed E-state index contributed by atoms with van der Waals surface area (Å²) in [4.78, 5) is 31.1. The lowest BCUT2D eigenvalue weighted by atomic mass is 9.99. The number of hydrogen-bond acceptors (Lipinski definition) is 3. The first-order valence-corrected chi connectivity index (χ1v) is 8.41. The standard InChI is InChI=1S/C18H27N3O2/c1-5-14-8-6-7-11-21(14)17(23)15-12-13(9-10-19-15)16(22)20-18(2,3)4/h9-10,12,14H,5-8,11H2,1-4H3,(H,20,22). The predicted molar refractivity (Wildman–Crippen MR) is 90.4 cm³/mol. The first kappa shape index (κ1) is 17.4. The van der Waals surface area contributed by atoms with Crippen molar-refractivity contribution in [3.8, 4) is 0 Å². The van der Waals surface area contributed by atoms with Gasteiger partial charge in [-0.3, -0.25) is 14.6 Å². The molecule has 1 aliphatic heterocycles. The van der Waals surface area contributed by atoms with Gasteiger partial charge in [-0.1, -0.05) is 6.92 Å². The molecule has 2 amide bonds. The van der Waals surface area contributed by atoms with Gasteiger partial charge in [0.2, 0.25) is 0 Å². The second-order valence-corrected chi connectivity index (χ2v) is 7.19. The molecule has 0 aromatic carbocycles. The van der Waals surface area contributed by atoms with Crippen molar-refractivity contribution in [2.45, 2.75) is 65.0 Å². The molecule has 1 N–H and O–H groups in total. The molecule has 1 atom stereocenters. The summed E-state index contributed by atoms with van der Waals surface area (Å²) in [6.07, 6.45) is 5.74. The normalized spacial score (nSPS) is 18.6. The molecule has 0 aliphatic carbocycles. The Bertz CT molecular complexity index is 578. The molecule has 1 unspecified atom stereocenters. The molecule has 2 heterocycles. The van der Waals surface area contributed by atoms with Crippen molar-refractivity contribution in [1.82, 2.24) is 15.2 Å². The summed E-state index contributed by atoms with van der Waals surface area (Å²) in [5.41, 5.74) is 0.514. The average Bonchev–Trinajstić information content (AvgIpc) is 2.52. The van der Waals surface area contributed by atoms with E-state index in [0.717, 1.165) is 25.8 Å². The van der Waals surface area contributed by atoms with Gasteiger partial charge in [-0.15, -0.1) is 0 Å². The van der Waals surface area contributed by atoms with Crippen LogP contribution in [0.1, 0.15) is 74.2 Å². The molecule has 1 fully saturated rings. The minimum absolute atomic E-state index is 0.0676. The molecule has 126 valence electrons. The van der Waals surface area contributed by atoms with Gasteiger partial charge in [0, 0.05) is 29.9 Å². The Morgan fingerprint density at radius 1 is 1.35 bits per heavy atom. The summed E-state index contributed by atoms with van der Waals surface area (Å²) >= 11 is 0. The van der Waals surface area contributed by atoms with Gasteiger partial charge in [-0.2, -0.15) is 0 Å². The first-order valence-electron chi connectivity index (χ1n) is 8.41. The molecule has 5 nitrogen and oxygen atoms in total. The SMILES string of the molecule is CCC1CCCCN1C(=O)c1cc(C(=O)NC(C)(C)C)ccn1. The topological polar surface area (TPSA) is 62.3 Å². The van der Waals surface area contributed by atoms with E-state index in [9.17, 15) is 9.59 Å². The average molecular weight is 317 g/mol. The number of pyridine rings is 1. The number of hydrogen-bond donors (Lipinski definition) is 1. The first-order chi connectivity index (χ1) is 10.8. The molecule has 1 aromatic rings. The highest BCUT2D eigenvalue weighted by Gasteiger charge is 2.27. The molecule has 0 radical (unpaired) electrons. The van der Waals surface area contributed by atoms with Gasteiger partial charge in [0.15, 0.2) is 0 Å². The van der Waals surface area contributed by atoms with E-state index < -0.39 is 0 Å². The minimum Gasteiger partial charge on any atom is -0.347 e.